The normalized spacial score (nSPS) is 37.4. The molecule has 2 heterocycles. The fraction of sp³-hybridized carbons (Fsp3) is 0.857. The first-order valence-corrected chi connectivity index (χ1v) is 10.1. The number of methoxy groups -OCH3 is 2. The summed E-state index contributed by atoms with van der Waals surface area (Å²) in [4.78, 5) is 14.6. The molecule has 0 radical (unpaired) electrons. The van der Waals surface area contributed by atoms with Crippen molar-refractivity contribution >= 4 is 6.09 Å². The Bertz CT molecular complexity index is 740. The number of hydrogen-bond donors (Lipinski definition) is 0. The highest BCUT2D eigenvalue weighted by Gasteiger charge is 2.68. The summed E-state index contributed by atoms with van der Waals surface area (Å²) in [6.07, 6.45) is -3.41. The van der Waals surface area contributed by atoms with Crippen molar-refractivity contribution in [1.82, 2.24) is 4.90 Å². The quantitative estimate of drug-likeness (QED) is 0.626. The van der Waals surface area contributed by atoms with Crippen LogP contribution in [0, 0.1) is 17.8 Å². The van der Waals surface area contributed by atoms with E-state index in [0.717, 1.165) is 0 Å². The average molecular weight is 431 g/mol. The van der Waals surface area contributed by atoms with Gasteiger partial charge in [0.1, 0.15) is 17.8 Å². The van der Waals surface area contributed by atoms with Gasteiger partial charge in [0.05, 0.1) is 18.0 Å². The Morgan fingerprint density at radius 3 is 2.17 bits per heavy atom. The fourth-order valence-corrected chi connectivity index (χ4v) is 4.28. The molecule has 9 heteroatoms. The van der Waals surface area contributed by atoms with Gasteiger partial charge in [0, 0.05) is 14.2 Å². The zero-order valence-corrected chi connectivity index (χ0v) is 18.6. The highest BCUT2D eigenvalue weighted by Crippen LogP contribution is 2.56. The summed E-state index contributed by atoms with van der Waals surface area (Å²) >= 11 is 0. The molecule has 1 spiro atoms. The first kappa shape index (κ1) is 23.2. The van der Waals surface area contributed by atoms with Crippen LogP contribution in [0.1, 0.15) is 47.5 Å². The molecule has 2 aliphatic heterocycles. The van der Waals surface area contributed by atoms with E-state index >= 15 is 0 Å². The number of likely N-dealkylation sites (tertiary alicyclic amines) is 1. The van der Waals surface area contributed by atoms with Gasteiger partial charge in [0.25, 0.3) is 6.43 Å². The van der Waals surface area contributed by atoms with Gasteiger partial charge >= 0.3 is 6.09 Å². The second-order valence-electron chi connectivity index (χ2n) is 9.30. The number of carbonyl (C=O) groups is 1. The lowest BCUT2D eigenvalue weighted by Crippen LogP contribution is -2.72. The number of hydrogen-bond acceptors (Lipinski definition) is 6. The minimum Gasteiger partial charge on any atom is -0.444 e. The summed E-state index contributed by atoms with van der Waals surface area (Å²) in [6.45, 7) is 8.84. The predicted octanol–water partition coefficient (Wildman–Crippen LogP) is 3.16. The molecule has 170 valence electrons. The minimum absolute atomic E-state index is 0.172. The van der Waals surface area contributed by atoms with E-state index in [1.54, 1.807) is 39.5 Å². The smallest absolute Gasteiger partial charge is 0.410 e. The van der Waals surface area contributed by atoms with Crippen molar-refractivity contribution in [2.24, 2.45) is 5.92 Å². The minimum atomic E-state index is -2.79. The van der Waals surface area contributed by atoms with Gasteiger partial charge in [-0.2, -0.15) is 8.78 Å². The third-order valence-electron chi connectivity index (χ3n) is 6.24. The molecule has 0 N–H and O–H groups in total. The standard InChI is InChI=1S/C21H31F2NO6/c1-18(2,3)30-17(25)24-12-14-16(13(8-9-15(22)23)21(24)10-11-21)29-20(5,27-7)19(4,26-6)28-14/h13-16H,10-12H2,1-7H3. The summed E-state index contributed by atoms with van der Waals surface area (Å²) in [5.41, 5.74) is -1.43. The summed E-state index contributed by atoms with van der Waals surface area (Å²) in [5.74, 6) is 1.38. The molecule has 3 fully saturated rings. The molecular formula is C21H31F2NO6. The Morgan fingerprint density at radius 1 is 1.13 bits per heavy atom. The number of nitrogens with zero attached hydrogens (tertiary/aromatic N) is 1. The Hall–Kier alpha value is -1.47. The molecular weight excluding hydrogens is 400 g/mol. The zero-order chi connectivity index (χ0) is 22.5. The Balaban J connectivity index is 2.01. The monoisotopic (exact) mass is 431 g/mol. The van der Waals surface area contributed by atoms with Gasteiger partial charge in [-0.25, -0.2) is 4.79 Å². The van der Waals surface area contributed by atoms with Crippen molar-refractivity contribution in [3.05, 3.63) is 0 Å². The van der Waals surface area contributed by atoms with Crippen molar-refractivity contribution in [2.75, 3.05) is 20.8 Å². The van der Waals surface area contributed by atoms with Crippen LogP contribution in [0.2, 0.25) is 0 Å². The highest BCUT2D eigenvalue weighted by molar-refractivity contribution is 5.70. The number of fused-ring (bicyclic) bond motifs is 1. The Kier molecular flexibility index (Phi) is 5.87. The molecule has 3 aliphatic rings. The molecule has 0 aromatic carbocycles. The van der Waals surface area contributed by atoms with Gasteiger partial charge in [-0.15, -0.1) is 0 Å². The van der Waals surface area contributed by atoms with E-state index in [1.807, 2.05) is 5.92 Å². The lowest BCUT2D eigenvalue weighted by Gasteiger charge is -2.57. The van der Waals surface area contributed by atoms with Crippen LogP contribution >= 0.6 is 0 Å². The van der Waals surface area contributed by atoms with Gasteiger partial charge in [0.15, 0.2) is 0 Å². The van der Waals surface area contributed by atoms with Crippen molar-refractivity contribution in [3.8, 4) is 11.8 Å². The fourth-order valence-electron chi connectivity index (χ4n) is 4.28. The average Bonchev–Trinajstić information content (AvgIpc) is 3.41. The molecule has 30 heavy (non-hydrogen) atoms. The second-order valence-corrected chi connectivity index (χ2v) is 9.30. The van der Waals surface area contributed by atoms with Crippen LogP contribution in [0.25, 0.3) is 0 Å². The lowest BCUT2D eigenvalue weighted by molar-refractivity contribution is -0.456. The van der Waals surface area contributed by atoms with Gasteiger partial charge in [-0.05, 0) is 53.4 Å². The summed E-state index contributed by atoms with van der Waals surface area (Å²) in [5, 5.41) is 0. The molecule has 1 amide bonds. The van der Waals surface area contributed by atoms with E-state index in [2.05, 4.69) is 5.92 Å². The lowest BCUT2D eigenvalue weighted by atomic mass is 9.81. The Morgan fingerprint density at radius 2 is 1.70 bits per heavy atom. The van der Waals surface area contributed by atoms with Crippen LogP contribution in [0.3, 0.4) is 0 Å². The summed E-state index contributed by atoms with van der Waals surface area (Å²) < 4.78 is 55.1. The van der Waals surface area contributed by atoms with Crippen LogP contribution in [0.15, 0.2) is 0 Å². The van der Waals surface area contributed by atoms with Gasteiger partial charge < -0.3 is 23.7 Å². The van der Waals surface area contributed by atoms with Crippen LogP contribution in [0.4, 0.5) is 13.6 Å². The maximum atomic E-state index is 13.0. The van der Waals surface area contributed by atoms with Crippen LogP contribution in [-0.2, 0) is 23.7 Å². The highest BCUT2D eigenvalue weighted by atomic mass is 19.3. The first-order valence-electron chi connectivity index (χ1n) is 10.1. The maximum absolute atomic E-state index is 13.0. The van der Waals surface area contributed by atoms with E-state index in [9.17, 15) is 13.6 Å². The van der Waals surface area contributed by atoms with Gasteiger partial charge in [-0.1, -0.05) is 5.92 Å². The van der Waals surface area contributed by atoms with Gasteiger partial charge in [0.2, 0.25) is 11.6 Å². The van der Waals surface area contributed by atoms with E-state index in [-0.39, 0.29) is 6.54 Å². The van der Waals surface area contributed by atoms with E-state index in [0.29, 0.717) is 12.8 Å². The molecule has 5 atom stereocenters. The Labute approximate surface area is 176 Å². The SMILES string of the molecule is COC1(C)OC2CN(C(=O)OC(C)(C)C)C3(CC3)C(C#CC(F)F)C2OC1(C)OC. The number of piperidine rings is 1. The molecule has 1 saturated carbocycles. The molecule has 0 aromatic rings. The number of ether oxygens (including phenoxy) is 5. The van der Waals surface area contributed by atoms with E-state index in [1.165, 1.54) is 14.2 Å². The van der Waals surface area contributed by atoms with Crippen LogP contribution < -0.4 is 0 Å². The third kappa shape index (κ3) is 3.91. The van der Waals surface area contributed by atoms with Gasteiger partial charge in [-0.3, -0.25) is 4.90 Å². The summed E-state index contributed by atoms with van der Waals surface area (Å²) in [6, 6.07) is 0. The second kappa shape index (κ2) is 7.59. The largest absolute Gasteiger partial charge is 0.444 e. The topological polar surface area (TPSA) is 66.5 Å². The van der Waals surface area contributed by atoms with Crippen molar-refractivity contribution < 1.29 is 37.3 Å². The van der Waals surface area contributed by atoms with Crippen molar-refractivity contribution in [1.29, 1.82) is 0 Å². The molecule has 2 saturated heterocycles. The number of rotatable bonds is 2. The molecule has 7 nitrogen and oxygen atoms in total. The maximum Gasteiger partial charge on any atom is 0.410 e. The molecule has 1 aliphatic carbocycles. The predicted molar refractivity (Wildman–Crippen MR) is 103 cm³/mol. The van der Waals surface area contributed by atoms with E-state index < -0.39 is 53.4 Å². The molecule has 3 rings (SSSR count). The summed E-state index contributed by atoms with van der Waals surface area (Å²) in [7, 11) is 2.93. The van der Waals surface area contributed by atoms with E-state index in [4.69, 9.17) is 23.7 Å². The molecule has 5 unspecified atom stereocenters. The first-order chi connectivity index (χ1) is 13.8. The molecule has 0 bridgehead atoms. The van der Waals surface area contributed by atoms with Crippen LogP contribution in [-0.4, -0.2) is 73.1 Å². The number of halogens is 2. The number of carbonyl (C=O) groups excluding carboxylic acids is 1. The number of amides is 1. The zero-order valence-electron chi connectivity index (χ0n) is 18.6. The molecule has 0 aromatic heterocycles. The van der Waals surface area contributed by atoms with Crippen molar-refractivity contribution in [3.63, 3.8) is 0 Å². The van der Waals surface area contributed by atoms with Crippen molar-refractivity contribution in [2.45, 2.75) is 88.8 Å². The third-order valence-corrected chi connectivity index (χ3v) is 6.24. The number of alkyl halides is 2. The van der Waals surface area contributed by atoms with Crippen LogP contribution in [0.5, 0.6) is 0 Å².